The van der Waals surface area contributed by atoms with Gasteiger partial charge >= 0.3 is 0 Å². The van der Waals surface area contributed by atoms with E-state index in [1.807, 2.05) is 13.8 Å². The van der Waals surface area contributed by atoms with Crippen LogP contribution in [0.25, 0.3) is 0 Å². The van der Waals surface area contributed by atoms with E-state index in [4.69, 9.17) is 0 Å². The fourth-order valence-electron chi connectivity index (χ4n) is 3.18. The van der Waals surface area contributed by atoms with Gasteiger partial charge in [0.05, 0.1) is 6.10 Å². The van der Waals surface area contributed by atoms with Crippen LogP contribution >= 0.6 is 0 Å². The molecule has 0 aromatic carbocycles. The van der Waals surface area contributed by atoms with Crippen molar-refractivity contribution in [3.05, 3.63) is 0 Å². The van der Waals surface area contributed by atoms with E-state index in [-0.39, 0.29) is 17.9 Å². The summed E-state index contributed by atoms with van der Waals surface area (Å²) < 4.78 is 0. The van der Waals surface area contributed by atoms with Gasteiger partial charge in [-0.2, -0.15) is 0 Å². The first-order chi connectivity index (χ1) is 8.11. The summed E-state index contributed by atoms with van der Waals surface area (Å²) >= 11 is 0. The number of fused-ring (bicyclic) bond motifs is 1. The Kier molecular flexibility index (Phi) is 4.08. The summed E-state index contributed by atoms with van der Waals surface area (Å²) in [4.78, 5) is 11.9. The van der Waals surface area contributed by atoms with Gasteiger partial charge in [-0.25, -0.2) is 0 Å². The van der Waals surface area contributed by atoms with Crippen LogP contribution in [0.5, 0.6) is 0 Å². The smallest absolute Gasteiger partial charge is 0.223 e. The Morgan fingerprint density at radius 2 is 1.88 bits per heavy atom. The van der Waals surface area contributed by atoms with Crippen molar-refractivity contribution < 1.29 is 9.90 Å². The number of hydrogen-bond acceptors (Lipinski definition) is 2. The Bertz CT molecular complexity index is 265. The SMILES string of the molecule is CC(C)C(O)CCNC(=O)C1C2CCCCC21. The van der Waals surface area contributed by atoms with E-state index in [0.29, 0.717) is 30.7 Å². The van der Waals surface area contributed by atoms with Gasteiger partial charge in [-0.05, 0) is 37.0 Å². The van der Waals surface area contributed by atoms with Crippen LogP contribution in [0.1, 0.15) is 46.0 Å². The zero-order valence-electron chi connectivity index (χ0n) is 11.0. The van der Waals surface area contributed by atoms with Crippen LogP contribution in [0, 0.1) is 23.7 Å². The Hall–Kier alpha value is -0.570. The van der Waals surface area contributed by atoms with Crippen molar-refractivity contribution in [2.24, 2.45) is 23.7 Å². The normalized spacial score (nSPS) is 33.1. The highest BCUT2D eigenvalue weighted by Gasteiger charge is 2.54. The van der Waals surface area contributed by atoms with Gasteiger partial charge < -0.3 is 10.4 Å². The van der Waals surface area contributed by atoms with Crippen molar-refractivity contribution >= 4 is 5.91 Å². The van der Waals surface area contributed by atoms with Crippen molar-refractivity contribution in [2.45, 2.75) is 52.1 Å². The number of carbonyl (C=O) groups excluding carboxylic acids is 1. The second-order valence-corrected chi connectivity index (χ2v) is 6.03. The lowest BCUT2D eigenvalue weighted by atomic mass is 10.0. The molecule has 98 valence electrons. The predicted octanol–water partition coefficient (Wildman–Crippen LogP) is 1.95. The molecule has 0 saturated heterocycles. The molecule has 3 nitrogen and oxygen atoms in total. The van der Waals surface area contributed by atoms with Crippen molar-refractivity contribution in [1.82, 2.24) is 5.32 Å². The summed E-state index contributed by atoms with van der Waals surface area (Å²) in [6.45, 7) is 4.62. The molecule has 2 fully saturated rings. The maximum Gasteiger partial charge on any atom is 0.223 e. The Balaban J connectivity index is 1.65. The molecule has 2 saturated carbocycles. The first-order valence-corrected chi connectivity index (χ1v) is 7.07. The highest BCUT2D eigenvalue weighted by molar-refractivity contribution is 5.82. The maximum absolute atomic E-state index is 11.9. The Morgan fingerprint density at radius 3 is 2.41 bits per heavy atom. The number of nitrogens with one attached hydrogen (secondary N) is 1. The van der Waals surface area contributed by atoms with E-state index in [9.17, 15) is 9.90 Å². The average Bonchev–Trinajstić information content (AvgIpc) is 3.02. The van der Waals surface area contributed by atoms with E-state index in [1.54, 1.807) is 0 Å². The summed E-state index contributed by atoms with van der Waals surface area (Å²) in [5, 5.41) is 12.6. The number of aliphatic hydroxyl groups is 1. The highest BCUT2D eigenvalue weighted by Crippen LogP contribution is 2.55. The van der Waals surface area contributed by atoms with E-state index >= 15 is 0 Å². The predicted molar refractivity (Wildman–Crippen MR) is 67.4 cm³/mol. The van der Waals surface area contributed by atoms with E-state index in [2.05, 4.69) is 5.32 Å². The molecule has 2 aliphatic carbocycles. The molecule has 1 amide bonds. The molecule has 0 heterocycles. The van der Waals surface area contributed by atoms with E-state index in [1.165, 1.54) is 25.7 Å². The van der Waals surface area contributed by atoms with E-state index < -0.39 is 0 Å². The summed E-state index contributed by atoms with van der Waals surface area (Å²) in [6, 6.07) is 0. The summed E-state index contributed by atoms with van der Waals surface area (Å²) in [7, 11) is 0. The molecule has 3 atom stereocenters. The summed E-state index contributed by atoms with van der Waals surface area (Å²) in [6.07, 6.45) is 5.48. The summed E-state index contributed by atoms with van der Waals surface area (Å²) in [5.41, 5.74) is 0. The fraction of sp³-hybridized carbons (Fsp3) is 0.929. The quantitative estimate of drug-likeness (QED) is 0.770. The molecule has 0 aliphatic heterocycles. The Labute approximate surface area is 104 Å². The molecule has 0 bridgehead atoms. The van der Waals surface area contributed by atoms with Gasteiger partial charge in [0.25, 0.3) is 0 Å². The molecule has 0 radical (unpaired) electrons. The highest BCUT2D eigenvalue weighted by atomic mass is 16.3. The molecular formula is C14H25NO2. The maximum atomic E-state index is 11.9. The molecule has 3 unspecified atom stereocenters. The minimum Gasteiger partial charge on any atom is -0.393 e. The first kappa shape index (κ1) is 12.9. The third kappa shape index (κ3) is 3.01. The topological polar surface area (TPSA) is 49.3 Å². The molecule has 2 N–H and O–H groups in total. The van der Waals surface area contributed by atoms with Gasteiger partial charge in [-0.3, -0.25) is 4.79 Å². The van der Waals surface area contributed by atoms with Crippen molar-refractivity contribution in [3.63, 3.8) is 0 Å². The van der Waals surface area contributed by atoms with Crippen LogP contribution in [-0.2, 0) is 4.79 Å². The second kappa shape index (κ2) is 5.38. The van der Waals surface area contributed by atoms with E-state index in [0.717, 1.165) is 0 Å². The van der Waals surface area contributed by atoms with Crippen molar-refractivity contribution in [1.29, 1.82) is 0 Å². The zero-order chi connectivity index (χ0) is 12.4. The van der Waals surface area contributed by atoms with Crippen LogP contribution in [0.3, 0.4) is 0 Å². The number of carbonyl (C=O) groups is 1. The van der Waals surface area contributed by atoms with Crippen LogP contribution in [0.2, 0.25) is 0 Å². The zero-order valence-corrected chi connectivity index (χ0v) is 11.0. The average molecular weight is 239 g/mol. The standard InChI is InChI=1S/C14H25NO2/c1-9(2)12(16)7-8-15-14(17)13-10-5-3-4-6-11(10)13/h9-13,16H,3-8H2,1-2H3,(H,15,17). The molecule has 2 aliphatic rings. The molecular weight excluding hydrogens is 214 g/mol. The molecule has 17 heavy (non-hydrogen) atoms. The van der Waals surface area contributed by atoms with Gasteiger partial charge in [-0.15, -0.1) is 0 Å². The molecule has 0 spiro atoms. The van der Waals surface area contributed by atoms with Crippen LogP contribution in [-0.4, -0.2) is 23.7 Å². The number of amides is 1. The second-order valence-electron chi connectivity index (χ2n) is 6.03. The number of aliphatic hydroxyl groups excluding tert-OH is 1. The van der Waals surface area contributed by atoms with Gasteiger partial charge in [0.2, 0.25) is 5.91 Å². The minimum absolute atomic E-state index is 0.234. The van der Waals surface area contributed by atoms with Crippen molar-refractivity contribution in [2.75, 3.05) is 6.54 Å². The largest absolute Gasteiger partial charge is 0.393 e. The monoisotopic (exact) mass is 239 g/mol. The van der Waals surface area contributed by atoms with Gasteiger partial charge in [0.15, 0.2) is 0 Å². The molecule has 2 rings (SSSR count). The van der Waals surface area contributed by atoms with Gasteiger partial charge in [0, 0.05) is 12.5 Å². The third-order valence-electron chi connectivity index (χ3n) is 4.47. The third-order valence-corrected chi connectivity index (χ3v) is 4.47. The Morgan fingerprint density at radius 1 is 1.29 bits per heavy atom. The lowest BCUT2D eigenvalue weighted by Crippen LogP contribution is -2.30. The minimum atomic E-state index is -0.295. The van der Waals surface area contributed by atoms with Crippen LogP contribution in [0.4, 0.5) is 0 Å². The van der Waals surface area contributed by atoms with Gasteiger partial charge in [-0.1, -0.05) is 26.7 Å². The van der Waals surface area contributed by atoms with Gasteiger partial charge in [0.1, 0.15) is 0 Å². The van der Waals surface area contributed by atoms with Crippen LogP contribution in [0.15, 0.2) is 0 Å². The fourth-order valence-corrected chi connectivity index (χ4v) is 3.18. The number of hydrogen-bond donors (Lipinski definition) is 2. The van der Waals surface area contributed by atoms with Crippen molar-refractivity contribution in [3.8, 4) is 0 Å². The first-order valence-electron chi connectivity index (χ1n) is 7.07. The summed E-state index contributed by atoms with van der Waals surface area (Å²) in [5.74, 6) is 2.17. The van der Waals surface area contributed by atoms with Crippen LogP contribution < -0.4 is 5.32 Å². The molecule has 0 aromatic rings. The number of rotatable bonds is 5. The lowest BCUT2D eigenvalue weighted by molar-refractivity contribution is -0.123. The molecule has 3 heteroatoms. The lowest BCUT2D eigenvalue weighted by Gasteiger charge is -2.14. The molecule has 0 aromatic heterocycles.